The van der Waals surface area contributed by atoms with E-state index in [9.17, 15) is 9.90 Å². The van der Waals surface area contributed by atoms with E-state index in [1.54, 1.807) is 10.9 Å². The molecule has 6 nitrogen and oxygen atoms in total. The Morgan fingerprint density at radius 2 is 2.35 bits per heavy atom. The lowest BCUT2D eigenvalue weighted by molar-refractivity contribution is -0.162. The Balaban J connectivity index is 2.54. The zero-order chi connectivity index (χ0) is 13.1. The molecule has 0 fully saturated rings. The Kier molecular flexibility index (Phi) is 4.25. The lowest BCUT2D eigenvalue weighted by Gasteiger charge is -2.26. The molecule has 0 aromatic carbocycles. The molecule has 0 saturated heterocycles. The number of carbonyl (C=O) groups is 1. The molecule has 1 heterocycles. The van der Waals surface area contributed by atoms with Crippen LogP contribution in [0.25, 0.3) is 0 Å². The normalized spacial score (nSPS) is 14.7. The van der Waals surface area contributed by atoms with Gasteiger partial charge in [-0.1, -0.05) is 0 Å². The summed E-state index contributed by atoms with van der Waals surface area (Å²) in [5.74, 6) is -0.629. The van der Waals surface area contributed by atoms with Gasteiger partial charge in [-0.25, -0.2) is 4.79 Å². The van der Waals surface area contributed by atoms with Gasteiger partial charge in [-0.05, 0) is 14.0 Å². The van der Waals surface area contributed by atoms with Crippen molar-refractivity contribution in [2.45, 2.75) is 19.1 Å². The van der Waals surface area contributed by atoms with Gasteiger partial charge < -0.3 is 9.84 Å². The molecule has 1 atom stereocenters. The zero-order valence-electron chi connectivity index (χ0n) is 10.7. The molecule has 0 radical (unpaired) electrons. The van der Waals surface area contributed by atoms with E-state index in [1.807, 2.05) is 25.2 Å². The predicted molar refractivity (Wildman–Crippen MR) is 62.2 cm³/mol. The summed E-state index contributed by atoms with van der Waals surface area (Å²) in [6.07, 6.45) is 3.65. The average Bonchev–Trinajstić information content (AvgIpc) is 2.61. The summed E-state index contributed by atoms with van der Waals surface area (Å²) in [5.41, 5.74) is -0.471. The minimum Gasteiger partial charge on any atom is -0.467 e. The standard InChI is InChI=1S/C11H19N3O3/c1-11(16,10(15)17-4)8-13(2)6-9-5-12-14(3)7-9/h5,7,16H,6,8H2,1-4H3. The van der Waals surface area contributed by atoms with Gasteiger partial charge in [0.15, 0.2) is 5.60 Å². The van der Waals surface area contributed by atoms with Crippen molar-refractivity contribution in [2.24, 2.45) is 7.05 Å². The minimum absolute atomic E-state index is 0.203. The van der Waals surface area contributed by atoms with E-state index >= 15 is 0 Å². The Labute approximate surface area is 101 Å². The molecule has 0 saturated carbocycles. The summed E-state index contributed by atoms with van der Waals surface area (Å²) in [6, 6.07) is 0. The first kappa shape index (κ1) is 13.7. The monoisotopic (exact) mass is 241 g/mol. The van der Waals surface area contributed by atoms with Gasteiger partial charge >= 0.3 is 5.97 Å². The number of carbonyl (C=O) groups excluding carboxylic acids is 1. The summed E-state index contributed by atoms with van der Waals surface area (Å²) in [7, 11) is 4.93. The number of rotatable bonds is 5. The molecule has 0 aliphatic heterocycles. The maximum atomic E-state index is 11.3. The number of likely N-dealkylation sites (N-methyl/N-ethyl adjacent to an activating group) is 1. The van der Waals surface area contributed by atoms with Crippen molar-refractivity contribution in [1.82, 2.24) is 14.7 Å². The van der Waals surface area contributed by atoms with Crippen molar-refractivity contribution in [2.75, 3.05) is 20.7 Å². The number of hydrogen-bond donors (Lipinski definition) is 1. The highest BCUT2D eigenvalue weighted by molar-refractivity contribution is 5.78. The Morgan fingerprint density at radius 3 is 2.82 bits per heavy atom. The minimum atomic E-state index is -1.49. The van der Waals surface area contributed by atoms with E-state index in [0.717, 1.165) is 5.56 Å². The molecule has 1 unspecified atom stereocenters. The van der Waals surface area contributed by atoms with Crippen molar-refractivity contribution >= 4 is 5.97 Å². The Morgan fingerprint density at radius 1 is 1.71 bits per heavy atom. The van der Waals surface area contributed by atoms with Crippen molar-refractivity contribution in [3.8, 4) is 0 Å². The van der Waals surface area contributed by atoms with Crippen molar-refractivity contribution < 1.29 is 14.6 Å². The van der Waals surface area contributed by atoms with E-state index in [1.165, 1.54) is 14.0 Å². The fraction of sp³-hybridized carbons (Fsp3) is 0.636. The third-order valence-corrected chi connectivity index (χ3v) is 2.41. The molecule has 1 N–H and O–H groups in total. The highest BCUT2D eigenvalue weighted by Crippen LogP contribution is 2.10. The van der Waals surface area contributed by atoms with Crippen LogP contribution in [0.4, 0.5) is 0 Å². The molecular formula is C11H19N3O3. The van der Waals surface area contributed by atoms with Crippen molar-refractivity contribution in [1.29, 1.82) is 0 Å². The predicted octanol–water partition coefficient (Wildman–Crippen LogP) is -0.224. The zero-order valence-corrected chi connectivity index (χ0v) is 10.7. The van der Waals surface area contributed by atoms with Gasteiger partial charge in [0.1, 0.15) is 0 Å². The fourth-order valence-corrected chi connectivity index (χ4v) is 1.73. The summed E-state index contributed by atoms with van der Waals surface area (Å²) < 4.78 is 6.25. The highest BCUT2D eigenvalue weighted by Gasteiger charge is 2.32. The van der Waals surface area contributed by atoms with Crippen LogP contribution in [0.2, 0.25) is 0 Å². The number of aromatic nitrogens is 2. The lowest BCUT2D eigenvalue weighted by atomic mass is 10.1. The molecule has 17 heavy (non-hydrogen) atoms. The fourth-order valence-electron chi connectivity index (χ4n) is 1.73. The quantitative estimate of drug-likeness (QED) is 0.722. The SMILES string of the molecule is COC(=O)C(C)(O)CN(C)Cc1cnn(C)c1. The highest BCUT2D eigenvalue weighted by atomic mass is 16.5. The molecule has 0 aliphatic carbocycles. The number of esters is 1. The van der Waals surface area contributed by atoms with E-state index in [0.29, 0.717) is 6.54 Å². The van der Waals surface area contributed by atoms with E-state index in [-0.39, 0.29) is 6.54 Å². The molecule has 0 bridgehead atoms. The lowest BCUT2D eigenvalue weighted by Crippen LogP contribution is -2.46. The number of methoxy groups -OCH3 is 1. The van der Waals surface area contributed by atoms with Gasteiger partial charge in [0.2, 0.25) is 0 Å². The topological polar surface area (TPSA) is 67.6 Å². The third kappa shape index (κ3) is 3.83. The molecule has 0 aliphatic rings. The first-order chi connectivity index (χ1) is 7.85. The molecule has 0 spiro atoms. The van der Waals surface area contributed by atoms with Crippen LogP contribution < -0.4 is 0 Å². The smallest absolute Gasteiger partial charge is 0.338 e. The van der Waals surface area contributed by atoms with Gasteiger partial charge in [0, 0.05) is 31.9 Å². The number of nitrogens with zero attached hydrogens (tertiary/aromatic N) is 3. The Bertz CT molecular complexity index is 387. The first-order valence-electron chi connectivity index (χ1n) is 5.32. The molecule has 1 aromatic rings. The van der Waals surface area contributed by atoms with Crippen LogP contribution in [-0.2, 0) is 23.1 Å². The number of ether oxygens (including phenoxy) is 1. The van der Waals surface area contributed by atoms with Gasteiger partial charge in [-0.3, -0.25) is 9.58 Å². The maximum absolute atomic E-state index is 11.3. The van der Waals surface area contributed by atoms with Crippen LogP contribution in [0.1, 0.15) is 12.5 Å². The molecule has 96 valence electrons. The third-order valence-electron chi connectivity index (χ3n) is 2.41. The van der Waals surface area contributed by atoms with Crippen LogP contribution in [0, 0.1) is 0 Å². The number of aliphatic hydroxyl groups is 1. The largest absolute Gasteiger partial charge is 0.467 e. The molecular weight excluding hydrogens is 222 g/mol. The van der Waals surface area contributed by atoms with Crippen LogP contribution in [0.3, 0.4) is 0 Å². The van der Waals surface area contributed by atoms with Gasteiger partial charge in [0.25, 0.3) is 0 Å². The summed E-state index contributed by atoms with van der Waals surface area (Å²) in [6.45, 7) is 2.26. The van der Waals surface area contributed by atoms with Crippen molar-refractivity contribution in [3.63, 3.8) is 0 Å². The van der Waals surface area contributed by atoms with E-state index in [2.05, 4.69) is 9.84 Å². The maximum Gasteiger partial charge on any atom is 0.338 e. The van der Waals surface area contributed by atoms with Crippen molar-refractivity contribution in [3.05, 3.63) is 18.0 Å². The second-order valence-corrected chi connectivity index (χ2v) is 4.46. The van der Waals surface area contributed by atoms with Crippen LogP contribution in [-0.4, -0.2) is 52.1 Å². The number of aryl methyl sites for hydroxylation is 1. The molecule has 6 heteroatoms. The molecule has 1 aromatic heterocycles. The molecule has 0 amide bonds. The van der Waals surface area contributed by atoms with Crippen LogP contribution in [0.15, 0.2) is 12.4 Å². The second-order valence-electron chi connectivity index (χ2n) is 4.46. The van der Waals surface area contributed by atoms with Crippen LogP contribution >= 0.6 is 0 Å². The first-order valence-corrected chi connectivity index (χ1v) is 5.32. The second kappa shape index (κ2) is 5.29. The number of hydrogen-bond acceptors (Lipinski definition) is 5. The average molecular weight is 241 g/mol. The Hall–Kier alpha value is -1.40. The summed E-state index contributed by atoms with van der Waals surface area (Å²) in [4.78, 5) is 13.2. The van der Waals surface area contributed by atoms with E-state index < -0.39 is 11.6 Å². The molecule has 1 rings (SSSR count). The van der Waals surface area contributed by atoms with Crippen LogP contribution in [0.5, 0.6) is 0 Å². The summed E-state index contributed by atoms with van der Waals surface area (Å²) in [5, 5.41) is 14.0. The van der Waals surface area contributed by atoms with E-state index in [4.69, 9.17) is 0 Å². The van der Waals surface area contributed by atoms with Gasteiger partial charge in [-0.2, -0.15) is 5.10 Å². The van der Waals surface area contributed by atoms with Gasteiger partial charge in [-0.15, -0.1) is 0 Å². The van der Waals surface area contributed by atoms with Gasteiger partial charge in [0.05, 0.1) is 13.3 Å². The summed E-state index contributed by atoms with van der Waals surface area (Å²) >= 11 is 0.